The van der Waals surface area contributed by atoms with E-state index in [1.807, 2.05) is 6.92 Å². The number of rotatable bonds is 5. The van der Waals surface area contributed by atoms with Gasteiger partial charge in [-0.15, -0.1) is 19.0 Å². The van der Waals surface area contributed by atoms with Gasteiger partial charge in [0.25, 0.3) is 0 Å². The minimum absolute atomic E-state index is 0. The minimum Gasteiger partial charge on any atom is -0.435 e. The Balaban J connectivity index is 0.00000256. The lowest BCUT2D eigenvalue weighted by atomic mass is 10.0. The Morgan fingerprint density at radius 2 is 1.88 bits per heavy atom. The maximum Gasteiger partial charge on any atom is 0.387 e. The molecule has 2 nitrogen and oxygen atoms in total. The standard InChI is InChI=1S/C12H15F2NO.ClH/c1-8(2)7-11(15)9-3-5-10(6-4-9)16-12(13)14;/h3-6,11-12H,1,7,15H2,2H3;1H/t11-;/m1./s1. The minimum atomic E-state index is -2.80. The highest BCUT2D eigenvalue weighted by Gasteiger charge is 2.08. The van der Waals surface area contributed by atoms with Crippen molar-refractivity contribution in [3.05, 3.63) is 42.0 Å². The fourth-order valence-corrected chi connectivity index (χ4v) is 1.39. The largest absolute Gasteiger partial charge is 0.435 e. The molecule has 1 atom stereocenters. The average Bonchev–Trinajstić information content (AvgIpc) is 2.16. The fraction of sp³-hybridized carbons (Fsp3) is 0.333. The number of hydrogen-bond donors (Lipinski definition) is 1. The van der Waals surface area contributed by atoms with Crippen molar-refractivity contribution in [1.82, 2.24) is 0 Å². The van der Waals surface area contributed by atoms with E-state index in [1.54, 1.807) is 12.1 Å². The van der Waals surface area contributed by atoms with Gasteiger partial charge in [-0.1, -0.05) is 17.7 Å². The van der Waals surface area contributed by atoms with Crippen LogP contribution in [0.25, 0.3) is 0 Å². The molecular formula is C12H16ClF2NO. The van der Waals surface area contributed by atoms with Crippen molar-refractivity contribution in [3.8, 4) is 5.75 Å². The Labute approximate surface area is 106 Å². The van der Waals surface area contributed by atoms with Crippen molar-refractivity contribution in [2.24, 2.45) is 5.73 Å². The molecular weight excluding hydrogens is 248 g/mol. The van der Waals surface area contributed by atoms with E-state index in [4.69, 9.17) is 5.73 Å². The Morgan fingerprint density at radius 3 is 2.29 bits per heavy atom. The van der Waals surface area contributed by atoms with E-state index in [0.717, 1.165) is 11.1 Å². The van der Waals surface area contributed by atoms with E-state index in [2.05, 4.69) is 11.3 Å². The predicted octanol–water partition coefficient (Wildman–Crippen LogP) is 3.68. The molecule has 0 aliphatic rings. The highest BCUT2D eigenvalue weighted by atomic mass is 35.5. The molecule has 5 heteroatoms. The van der Waals surface area contributed by atoms with Gasteiger partial charge < -0.3 is 10.5 Å². The summed E-state index contributed by atoms with van der Waals surface area (Å²) in [5.41, 5.74) is 7.76. The monoisotopic (exact) mass is 263 g/mol. The van der Waals surface area contributed by atoms with E-state index < -0.39 is 6.61 Å². The maximum absolute atomic E-state index is 11.9. The zero-order valence-electron chi connectivity index (χ0n) is 9.53. The third-order valence-corrected chi connectivity index (χ3v) is 2.10. The molecule has 0 aliphatic heterocycles. The molecule has 0 aliphatic carbocycles. The number of nitrogens with two attached hydrogens (primary N) is 1. The summed E-state index contributed by atoms with van der Waals surface area (Å²) in [6.07, 6.45) is 0.676. The highest BCUT2D eigenvalue weighted by Crippen LogP contribution is 2.21. The van der Waals surface area contributed by atoms with Gasteiger partial charge in [-0.2, -0.15) is 8.78 Å². The van der Waals surface area contributed by atoms with E-state index in [0.29, 0.717) is 6.42 Å². The van der Waals surface area contributed by atoms with Crippen LogP contribution in [0.15, 0.2) is 36.4 Å². The zero-order valence-corrected chi connectivity index (χ0v) is 10.3. The lowest BCUT2D eigenvalue weighted by Gasteiger charge is -2.12. The third kappa shape index (κ3) is 5.65. The predicted molar refractivity (Wildman–Crippen MR) is 66.7 cm³/mol. The molecule has 0 aromatic heterocycles. The molecule has 1 aromatic rings. The zero-order chi connectivity index (χ0) is 12.1. The van der Waals surface area contributed by atoms with Crippen LogP contribution in [0.2, 0.25) is 0 Å². The van der Waals surface area contributed by atoms with Crippen LogP contribution in [0.1, 0.15) is 24.9 Å². The van der Waals surface area contributed by atoms with E-state index >= 15 is 0 Å². The first-order valence-corrected chi connectivity index (χ1v) is 4.93. The molecule has 2 N–H and O–H groups in total. The SMILES string of the molecule is C=C(C)C[C@@H](N)c1ccc(OC(F)F)cc1.Cl. The van der Waals surface area contributed by atoms with E-state index in [9.17, 15) is 8.78 Å². The first-order chi connectivity index (χ1) is 7.49. The Hall–Kier alpha value is -1.13. The topological polar surface area (TPSA) is 35.2 Å². The molecule has 1 rings (SSSR count). The molecule has 0 amide bonds. The lowest BCUT2D eigenvalue weighted by Crippen LogP contribution is -2.10. The van der Waals surface area contributed by atoms with Gasteiger partial charge in [0.15, 0.2) is 0 Å². The molecule has 1 aromatic carbocycles. The molecule has 0 spiro atoms. The number of benzene rings is 1. The van der Waals surface area contributed by atoms with Gasteiger partial charge in [-0.3, -0.25) is 0 Å². The van der Waals surface area contributed by atoms with Gasteiger partial charge in [0.05, 0.1) is 0 Å². The summed E-state index contributed by atoms with van der Waals surface area (Å²) in [6.45, 7) is 2.87. The summed E-state index contributed by atoms with van der Waals surface area (Å²) >= 11 is 0. The van der Waals surface area contributed by atoms with Crippen LogP contribution in [0.5, 0.6) is 5.75 Å². The maximum atomic E-state index is 11.9. The molecule has 0 unspecified atom stereocenters. The van der Waals surface area contributed by atoms with E-state index in [1.165, 1.54) is 12.1 Å². The Morgan fingerprint density at radius 1 is 1.35 bits per heavy atom. The second kappa shape index (κ2) is 7.25. The second-order valence-electron chi connectivity index (χ2n) is 3.72. The van der Waals surface area contributed by atoms with Crippen LogP contribution in [0.4, 0.5) is 8.78 Å². The Bertz CT molecular complexity index is 354. The van der Waals surface area contributed by atoms with Crippen LogP contribution in [-0.4, -0.2) is 6.61 Å². The van der Waals surface area contributed by atoms with Gasteiger partial charge in [-0.05, 0) is 31.0 Å². The number of alkyl halides is 2. The van der Waals surface area contributed by atoms with Crippen LogP contribution >= 0.6 is 12.4 Å². The second-order valence-corrected chi connectivity index (χ2v) is 3.72. The van der Waals surface area contributed by atoms with Crippen LogP contribution in [0, 0.1) is 0 Å². The normalized spacial score (nSPS) is 11.8. The van der Waals surface area contributed by atoms with Crippen LogP contribution in [0.3, 0.4) is 0 Å². The summed E-state index contributed by atoms with van der Waals surface area (Å²) in [5.74, 6) is 0.140. The lowest BCUT2D eigenvalue weighted by molar-refractivity contribution is -0.0498. The molecule has 17 heavy (non-hydrogen) atoms. The van der Waals surface area contributed by atoms with Gasteiger partial charge >= 0.3 is 6.61 Å². The molecule has 96 valence electrons. The van der Waals surface area contributed by atoms with Gasteiger partial charge in [0, 0.05) is 6.04 Å². The third-order valence-electron chi connectivity index (χ3n) is 2.10. The van der Waals surface area contributed by atoms with Gasteiger partial charge in [0.1, 0.15) is 5.75 Å². The van der Waals surface area contributed by atoms with Crippen LogP contribution < -0.4 is 10.5 Å². The van der Waals surface area contributed by atoms with Crippen molar-refractivity contribution in [1.29, 1.82) is 0 Å². The summed E-state index contributed by atoms with van der Waals surface area (Å²) in [7, 11) is 0. The quantitative estimate of drug-likeness (QED) is 0.823. The van der Waals surface area contributed by atoms with Crippen molar-refractivity contribution >= 4 is 12.4 Å². The average molecular weight is 264 g/mol. The molecule has 0 fully saturated rings. The van der Waals surface area contributed by atoms with Gasteiger partial charge in [-0.25, -0.2) is 0 Å². The van der Waals surface area contributed by atoms with Crippen molar-refractivity contribution < 1.29 is 13.5 Å². The summed E-state index contributed by atoms with van der Waals surface area (Å²) < 4.78 is 28.0. The number of hydrogen-bond acceptors (Lipinski definition) is 2. The molecule has 0 saturated heterocycles. The molecule has 0 saturated carbocycles. The summed E-state index contributed by atoms with van der Waals surface area (Å²) in [5, 5.41) is 0. The number of halogens is 3. The number of ether oxygens (including phenoxy) is 1. The first-order valence-electron chi connectivity index (χ1n) is 4.93. The molecule has 0 radical (unpaired) electrons. The van der Waals surface area contributed by atoms with Crippen molar-refractivity contribution in [2.45, 2.75) is 26.0 Å². The van der Waals surface area contributed by atoms with E-state index in [-0.39, 0.29) is 24.2 Å². The smallest absolute Gasteiger partial charge is 0.387 e. The Kier molecular flexibility index (Phi) is 6.76. The molecule has 0 bridgehead atoms. The summed E-state index contributed by atoms with van der Waals surface area (Å²) in [6, 6.07) is 6.19. The van der Waals surface area contributed by atoms with Crippen molar-refractivity contribution in [3.63, 3.8) is 0 Å². The molecule has 0 heterocycles. The first kappa shape index (κ1) is 15.9. The van der Waals surface area contributed by atoms with Gasteiger partial charge in [0.2, 0.25) is 0 Å². The van der Waals surface area contributed by atoms with Crippen molar-refractivity contribution in [2.75, 3.05) is 0 Å². The van der Waals surface area contributed by atoms with Crippen LogP contribution in [-0.2, 0) is 0 Å². The highest BCUT2D eigenvalue weighted by molar-refractivity contribution is 5.85. The fourth-order valence-electron chi connectivity index (χ4n) is 1.39. The summed E-state index contributed by atoms with van der Waals surface area (Å²) in [4.78, 5) is 0.